The number of benzene rings is 1. The van der Waals surface area contributed by atoms with Gasteiger partial charge in [0.15, 0.2) is 0 Å². The molecule has 1 aliphatic rings. The van der Waals surface area contributed by atoms with Crippen LogP contribution in [0.3, 0.4) is 0 Å². The molecule has 1 fully saturated rings. The van der Waals surface area contributed by atoms with Crippen LogP contribution in [0.25, 0.3) is 0 Å². The molecular formula is C19H28FN3O4S. The normalized spacial score (nSPS) is 16.6. The zero-order valence-corrected chi connectivity index (χ0v) is 17.6. The zero-order chi connectivity index (χ0) is 21.1. The Hall–Kier alpha value is -2.00. The number of amides is 2. The summed E-state index contributed by atoms with van der Waals surface area (Å²) in [6, 6.07) is 4.70. The quantitative estimate of drug-likeness (QED) is 0.794. The van der Waals surface area contributed by atoms with Gasteiger partial charge in [0.1, 0.15) is 5.82 Å². The first-order chi connectivity index (χ1) is 12.9. The molecule has 7 nitrogen and oxygen atoms in total. The number of carbonyl (C=O) groups is 2. The Bertz CT molecular complexity index is 811. The van der Waals surface area contributed by atoms with Gasteiger partial charge in [-0.15, -0.1) is 0 Å². The van der Waals surface area contributed by atoms with Crippen LogP contribution in [-0.2, 0) is 19.6 Å². The number of sulfonamides is 1. The van der Waals surface area contributed by atoms with Crippen LogP contribution in [-0.4, -0.2) is 61.7 Å². The van der Waals surface area contributed by atoms with Gasteiger partial charge in [0, 0.05) is 31.6 Å². The number of likely N-dealkylation sites (N-methyl/N-ethyl adjacent to an activating group) is 1. The van der Waals surface area contributed by atoms with Crippen molar-refractivity contribution >= 4 is 21.8 Å². The van der Waals surface area contributed by atoms with Crippen molar-refractivity contribution in [2.75, 3.05) is 26.7 Å². The maximum atomic E-state index is 13.0. The second kappa shape index (κ2) is 8.57. The van der Waals surface area contributed by atoms with Crippen LogP contribution in [0.15, 0.2) is 29.2 Å². The van der Waals surface area contributed by atoms with E-state index in [0.717, 1.165) is 12.1 Å². The first kappa shape index (κ1) is 22.3. The molecule has 156 valence electrons. The number of carbonyl (C=O) groups excluding carboxylic acids is 2. The molecule has 1 saturated heterocycles. The van der Waals surface area contributed by atoms with E-state index in [1.807, 2.05) is 20.8 Å². The molecule has 28 heavy (non-hydrogen) atoms. The summed E-state index contributed by atoms with van der Waals surface area (Å²) in [5, 5.41) is 2.81. The highest BCUT2D eigenvalue weighted by Gasteiger charge is 2.33. The molecular weight excluding hydrogens is 385 g/mol. The lowest BCUT2D eigenvalue weighted by Gasteiger charge is -2.32. The zero-order valence-electron chi connectivity index (χ0n) is 16.7. The molecule has 0 saturated carbocycles. The van der Waals surface area contributed by atoms with E-state index in [0.29, 0.717) is 12.8 Å². The predicted molar refractivity (Wildman–Crippen MR) is 103 cm³/mol. The number of nitrogens with zero attached hydrogens (tertiary/aromatic N) is 2. The average molecular weight is 414 g/mol. The van der Waals surface area contributed by atoms with Gasteiger partial charge in [-0.2, -0.15) is 4.31 Å². The molecule has 9 heteroatoms. The fraction of sp³-hybridized carbons (Fsp3) is 0.579. The molecule has 2 rings (SSSR count). The van der Waals surface area contributed by atoms with Crippen molar-refractivity contribution in [3.63, 3.8) is 0 Å². The number of piperidine rings is 1. The largest absolute Gasteiger partial charge is 0.350 e. The van der Waals surface area contributed by atoms with E-state index >= 15 is 0 Å². The van der Waals surface area contributed by atoms with Crippen LogP contribution >= 0.6 is 0 Å². The maximum Gasteiger partial charge on any atom is 0.243 e. The van der Waals surface area contributed by atoms with E-state index in [2.05, 4.69) is 5.32 Å². The maximum absolute atomic E-state index is 13.0. The lowest BCUT2D eigenvalue weighted by atomic mass is 9.96. The van der Waals surface area contributed by atoms with Crippen LogP contribution in [0.1, 0.15) is 33.6 Å². The summed E-state index contributed by atoms with van der Waals surface area (Å²) in [5.41, 5.74) is -0.374. The summed E-state index contributed by atoms with van der Waals surface area (Å²) in [4.78, 5) is 26.0. The fourth-order valence-corrected chi connectivity index (χ4v) is 4.63. The van der Waals surface area contributed by atoms with E-state index in [-0.39, 0.29) is 47.8 Å². The van der Waals surface area contributed by atoms with Crippen LogP contribution < -0.4 is 5.32 Å². The average Bonchev–Trinajstić information content (AvgIpc) is 2.59. The Kier molecular flexibility index (Phi) is 6.82. The third kappa shape index (κ3) is 5.75. The lowest BCUT2D eigenvalue weighted by molar-refractivity contribution is -0.139. The molecule has 1 heterocycles. The second-order valence-electron chi connectivity index (χ2n) is 8.12. The molecule has 2 amide bonds. The third-order valence-corrected chi connectivity index (χ3v) is 6.44. The Balaban J connectivity index is 1.93. The van der Waals surface area contributed by atoms with E-state index in [1.54, 1.807) is 7.05 Å². The van der Waals surface area contributed by atoms with Crippen LogP contribution in [0.2, 0.25) is 0 Å². The third-order valence-electron chi connectivity index (χ3n) is 4.53. The molecule has 0 spiro atoms. The predicted octanol–water partition coefficient (Wildman–Crippen LogP) is 1.60. The Morgan fingerprint density at radius 2 is 1.71 bits per heavy atom. The number of hydrogen-bond acceptors (Lipinski definition) is 4. The first-order valence-corrected chi connectivity index (χ1v) is 10.7. The van der Waals surface area contributed by atoms with Gasteiger partial charge in [-0.3, -0.25) is 9.59 Å². The molecule has 0 radical (unpaired) electrons. The monoisotopic (exact) mass is 413 g/mol. The number of nitrogens with one attached hydrogen (secondary N) is 1. The molecule has 1 aliphatic heterocycles. The molecule has 0 aromatic heterocycles. The van der Waals surface area contributed by atoms with Crippen molar-refractivity contribution in [3.05, 3.63) is 30.1 Å². The number of rotatable bonds is 5. The van der Waals surface area contributed by atoms with Crippen molar-refractivity contribution in [2.45, 2.75) is 44.0 Å². The Morgan fingerprint density at radius 3 is 2.21 bits per heavy atom. The second-order valence-corrected chi connectivity index (χ2v) is 10.1. The highest BCUT2D eigenvalue weighted by atomic mass is 32.2. The van der Waals surface area contributed by atoms with Gasteiger partial charge >= 0.3 is 0 Å². The van der Waals surface area contributed by atoms with E-state index in [9.17, 15) is 22.4 Å². The lowest BCUT2D eigenvalue weighted by Crippen LogP contribution is -2.48. The minimum Gasteiger partial charge on any atom is -0.350 e. The van der Waals surface area contributed by atoms with Gasteiger partial charge in [-0.05, 0) is 57.9 Å². The van der Waals surface area contributed by atoms with E-state index in [1.165, 1.54) is 21.3 Å². The highest BCUT2D eigenvalue weighted by molar-refractivity contribution is 7.89. The van der Waals surface area contributed by atoms with E-state index in [4.69, 9.17) is 0 Å². The van der Waals surface area contributed by atoms with Crippen molar-refractivity contribution < 1.29 is 22.4 Å². The minimum absolute atomic E-state index is 0.0367. The molecule has 1 aromatic rings. The van der Waals surface area contributed by atoms with Crippen LogP contribution in [0, 0.1) is 11.7 Å². The topological polar surface area (TPSA) is 86.8 Å². The van der Waals surface area contributed by atoms with Gasteiger partial charge in [0.25, 0.3) is 0 Å². The summed E-state index contributed by atoms with van der Waals surface area (Å²) < 4.78 is 39.6. The summed E-state index contributed by atoms with van der Waals surface area (Å²) in [6.45, 7) is 5.97. The minimum atomic E-state index is -3.71. The van der Waals surface area contributed by atoms with Crippen molar-refractivity contribution in [3.8, 4) is 0 Å². The number of hydrogen-bond donors (Lipinski definition) is 1. The van der Waals surface area contributed by atoms with Crippen LogP contribution in [0.4, 0.5) is 4.39 Å². The van der Waals surface area contributed by atoms with Crippen LogP contribution in [0.5, 0.6) is 0 Å². The summed E-state index contributed by atoms with van der Waals surface area (Å²) in [6.07, 6.45) is 0.759. The summed E-state index contributed by atoms with van der Waals surface area (Å²) in [5.74, 6) is -1.23. The summed E-state index contributed by atoms with van der Waals surface area (Å²) >= 11 is 0. The first-order valence-electron chi connectivity index (χ1n) is 9.22. The van der Waals surface area contributed by atoms with Gasteiger partial charge in [-0.25, -0.2) is 12.8 Å². The standard InChI is InChI=1S/C19H28FN3O4S/c1-19(2,3)21-17(24)13-22(4)18(25)14-9-11-23(12-10-14)28(26,27)16-7-5-15(20)6-8-16/h5-8,14H,9-13H2,1-4H3,(H,21,24). The highest BCUT2D eigenvalue weighted by Crippen LogP contribution is 2.25. The molecule has 0 aliphatic carbocycles. The SMILES string of the molecule is CN(CC(=O)NC(C)(C)C)C(=O)C1CCN(S(=O)(=O)c2ccc(F)cc2)CC1. The smallest absolute Gasteiger partial charge is 0.243 e. The Morgan fingerprint density at radius 1 is 1.18 bits per heavy atom. The van der Waals surface area contributed by atoms with Gasteiger partial charge in [-0.1, -0.05) is 0 Å². The van der Waals surface area contributed by atoms with Crippen molar-refractivity contribution in [1.29, 1.82) is 0 Å². The summed E-state index contributed by atoms with van der Waals surface area (Å²) in [7, 11) is -2.13. The van der Waals surface area contributed by atoms with Crippen molar-refractivity contribution in [1.82, 2.24) is 14.5 Å². The van der Waals surface area contributed by atoms with Crippen molar-refractivity contribution in [2.24, 2.45) is 5.92 Å². The van der Waals surface area contributed by atoms with Gasteiger partial charge < -0.3 is 10.2 Å². The molecule has 1 aromatic carbocycles. The molecule has 1 N–H and O–H groups in total. The Labute approximate surface area is 165 Å². The molecule has 0 bridgehead atoms. The fourth-order valence-electron chi connectivity index (χ4n) is 3.16. The molecule has 0 unspecified atom stereocenters. The van der Waals surface area contributed by atoms with E-state index < -0.39 is 15.8 Å². The van der Waals surface area contributed by atoms with Gasteiger partial charge in [0.2, 0.25) is 21.8 Å². The van der Waals surface area contributed by atoms with Gasteiger partial charge in [0.05, 0.1) is 11.4 Å². The molecule has 0 atom stereocenters. The number of halogens is 1.